The first kappa shape index (κ1) is 61.4. The zero-order chi connectivity index (χ0) is 57.5. The lowest BCUT2D eigenvalue weighted by atomic mass is 10.0. The summed E-state index contributed by atoms with van der Waals surface area (Å²) in [6.45, 7) is 0.0427. The van der Waals surface area contributed by atoms with Gasteiger partial charge in [-0.15, -0.1) is 0 Å². The number of carboxylic acids is 7. The summed E-state index contributed by atoms with van der Waals surface area (Å²) in [5.41, 5.74) is 5.55. The second kappa shape index (κ2) is 29.7. The molecule has 0 fully saturated rings. The van der Waals surface area contributed by atoms with Gasteiger partial charge in [0.05, 0.1) is 18.4 Å². The average molecular weight is 1090 g/mol. The van der Waals surface area contributed by atoms with Crippen LogP contribution in [0.2, 0.25) is 0 Å². The number of anilines is 2. The van der Waals surface area contributed by atoms with Gasteiger partial charge in [0.15, 0.2) is 11.2 Å². The number of nitrogens with two attached hydrogens (primary N) is 1. The van der Waals surface area contributed by atoms with Crippen molar-refractivity contribution < 1.29 is 98.1 Å². The summed E-state index contributed by atoms with van der Waals surface area (Å²) in [7, 11) is 0. The Morgan fingerprint density at radius 3 is 1.17 bits per heavy atom. The molecule has 77 heavy (non-hydrogen) atoms. The predicted molar refractivity (Wildman–Crippen MR) is 256 cm³/mol. The van der Waals surface area contributed by atoms with Gasteiger partial charge in [0.1, 0.15) is 36.3 Å². The molecular weight excluding hydrogens is 1030 g/mol. The number of hydrogen-bond donors (Lipinski definition) is 16. The van der Waals surface area contributed by atoms with Gasteiger partial charge in [-0.2, -0.15) is 4.98 Å². The summed E-state index contributed by atoms with van der Waals surface area (Å²) in [4.78, 5) is 189. The van der Waals surface area contributed by atoms with Crippen molar-refractivity contribution in [2.24, 2.45) is 0 Å². The highest BCUT2D eigenvalue weighted by Crippen LogP contribution is 2.14. The van der Waals surface area contributed by atoms with Crippen LogP contribution in [0.25, 0.3) is 11.2 Å². The van der Waals surface area contributed by atoms with Crippen LogP contribution < -0.4 is 48.5 Å². The molecule has 416 valence electrons. The standard InChI is InChI=1S/C44H54N12O21/c45-44-55-35-34(42(75)56-44)48-21(18-47-35)17-46-20-3-1-19(2-4-20)36(69)49-22(5-11-28(57)58)37(70)50-23(6-12-29(59)60)38(71)51-24(7-13-30(61)62)39(72)52-25(8-14-31(63)64)40(73)53-26(9-15-32(65)66)41(74)54-27(43(76)77)10-16-33(67)68/h1-4,18,22-27,46H,5-17H2,(H,49,69)(H,50,70)(H,51,71)(H,52,72)(H,53,73)(H,54,74)(H,57,58)(H,59,60)(H,61,62)(H,63,64)(H,65,66)(H,67,68)(H,76,77)(H3,45,47,55,56,75)/t22-,23-,24-,25-,26-,27-/m0/s1. The van der Waals surface area contributed by atoms with E-state index in [4.69, 9.17) is 10.8 Å². The summed E-state index contributed by atoms with van der Waals surface area (Å²) in [5.74, 6) is -18.4. The largest absolute Gasteiger partial charge is 0.481 e. The first-order chi connectivity index (χ1) is 36.2. The predicted octanol–water partition coefficient (Wildman–Crippen LogP) is -3.30. The molecule has 0 saturated carbocycles. The Morgan fingerprint density at radius 1 is 0.481 bits per heavy atom. The van der Waals surface area contributed by atoms with Gasteiger partial charge in [0.25, 0.3) is 11.5 Å². The first-order valence-corrected chi connectivity index (χ1v) is 22.9. The molecule has 3 aromatic rings. The molecule has 0 unspecified atom stereocenters. The number of hydrogen-bond acceptors (Lipinski definition) is 19. The Bertz CT molecular complexity index is 2790. The highest BCUT2D eigenvalue weighted by atomic mass is 16.4. The van der Waals surface area contributed by atoms with E-state index in [1.807, 2.05) is 5.32 Å². The maximum atomic E-state index is 13.9. The minimum absolute atomic E-state index is 0.0149. The fraction of sp³-hybridized carbons (Fsp3) is 0.432. The molecule has 0 spiro atoms. The average Bonchev–Trinajstić information content (AvgIpc) is 3.35. The number of carboxylic acid groups (broad SMARTS) is 7. The van der Waals surface area contributed by atoms with Crippen molar-refractivity contribution in [3.8, 4) is 0 Å². The number of carbonyl (C=O) groups is 13. The maximum absolute atomic E-state index is 13.9. The number of rotatable bonds is 34. The van der Waals surface area contributed by atoms with E-state index in [0.29, 0.717) is 11.4 Å². The van der Waals surface area contributed by atoms with Crippen LogP contribution in [0.3, 0.4) is 0 Å². The van der Waals surface area contributed by atoms with Crippen molar-refractivity contribution in [2.45, 2.75) is 120 Å². The number of aromatic nitrogens is 4. The molecule has 33 heteroatoms. The Hall–Kier alpha value is -9.85. The zero-order valence-corrected chi connectivity index (χ0v) is 40.3. The van der Waals surface area contributed by atoms with E-state index in [1.54, 1.807) is 0 Å². The number of H-pyrrole nitrogens is 1. The molecule has 0 aliphatic rings. The van der Waals surface area contributed by atoms with E-state index in [0.717, 1.165) is 0 Å². The molecule has 0 aliphatic carbocycles. The van der Waals surface area contributed by atoms with Crippen LogP contribution in [0.15, 0.2) is 35.3 Å². The second-order valence-corrected chi connectivity index (χ2v) is 16.7. The third kappa shape index (κ3) is 21.6. The summed E-state index contributed by atoms with van der Waals surface area (Å²) >= 11 is 0. The Labute approximate surface area is 432 Å². The molecule has 1 aromatic carbocycles. The number of nitrogens with zero attached hydrogens (tertiary/aromatic N) is 3. The lowest BCUT2D eigenvalue weighted by Gasteiger charge is -2.27. The topological polar surface area (TPSA) is 545 Å². The lowest BCUT2D eigenvalue weighted by Crippen LogP contribution is -2.59. The van der Waals surface area contributed by atoms with Crippen LogP contribution in [0, 0.1) is 0 Å². The number of benzene rings is 1. The summed E-state index contributed by atoms with van der Waals surface area (Å²) in [6.07, 6.45) is -7.80. The highest BCUT2D eigenvalue weighted by Gasteiger charge is 2.35. The van der Waals surface area contributed by atoms with Crippen molar-refractivity contribution in [2.75, 3.05) is 11.1 Å². The van der Waals surface area contributed by atoms with Crippen LogP contribution in [-0.4, -0.2) is 169 Å². The van der Waals surface area contributed by atoms with Gasteiger partial charge < -0.3 is 78.7 Å². The minimum Gasteiger partial charge on any atom is -0.481 e. The van der Waals surface area contributed by atoms with Crippen molar-refractivity contribution >= 4 is 100 Å². The monoisotopic (exact) mass is 1090 g/mol. The molecule has 6 atom stereocenters. The van der Waals surface area contributed by atoms with Gasteiger partial charge in [0.2, 0.25) is 35.5 Å². The van der Waals surface area contributed by atoms with E-state index >= 15 is 0 Å². The summed E-state index contributed by atoms with van der Waals surface area (Å²) < 4.78 is 0. The van der Waals surface area contributed by atoms with E-state index in [2.05, 4.69) is 51.8 Å². The molecule has 17 N–H and O–H groups in total. The quantitative estimate of drug-likeness (QED) is 0.0279. The maximum Gasteiger partial charge on any atom is 0.326 e. The molecule has 0 bridgehead atoms. The fourth-order valence-corrected chi connectivity index (χ4v) is 6.80. The molecule has 0 aliphatic heterocycles. The summed E-state index contributed by atoms with van der Waals surface area (Å²) in [5, 5.41) is 81.3. The molecule has 6 amide bonds. The smallest absolute Gasteiger partial charge is 0.326 e. The zero-order valence-electron chi connectivity index (χ0n) is 40.3. The van der Waals surface area contributed by atoms with Crippen LogP contribution >= 0.6 is 0 Å². The van der Waals surface area contributed by atoms with E-state index in [-0.39, 0.29) is 29.2 Å². The van der Waals surface area contributed by atoms with Crippen molar-refractivity contribution in [1.82, 2.24) is 51.8 Å². The Morgan fingerprint density at radius 2 is 0.818 bits per heavy atom. The molecule has 2 heterocycles. The number of nitrogens with one attached hydrogen (secondary N) is 8. The van der Waals surface area contributed by atoms with Gasteiger partial charge >= 0.3 is 41.8 Å². The van der Waals surface area contributed by atoms with Crippen LogP contribution in [-0.2, 0) is 64.1 Å². The molecule has 3 rings (SSSR count). The fourth-order valence-electron chi connectivity index (χ4n) is 6.80. The number of carbonyl (C=O) groups excluding carboxylic acids is 6. The van der Waals surface area contributed by atoms with Gasteiger partial charge in [-0.25, -0.2) is 14.8 Å². The van der Waals surface area contributed by atoms with Gasteiger partial charge in [-0.1, -0.05) is 0 Å². The SMILES string of the molecule is Nc1nc2ncc(CNc3ccc(C(=O)N[C@@H](CCC(=O)O)C(=O)N[C@@H](CCC(=O)O)C(=O)N[C@@H](CCC(=O)O)C(=O)N[C@@H](CCC(=O)O)C(=O)N[C@@H](CCC(=O)O)C(=O)N[C@@H](CCC(=O)O)C(=O)O)cc3)nc2c(=O)[nH]1. The van der Waals surface area contributed by atoms with Crippen molar-refractivity contribution in [3.63, 3.8) is 0 Å². The lowest BCUT2D eigenvalue weighted by molar-refractivity contribution is -0.144. The molecule has 0 saturated heterocycles. The van der Waals surface area contributed by atoms with Crippen LogP contribution in [0.4, 0.5) is 11.6 Å². The molecule has 0 radical (unpaired) electrons. The highest BCUT2D eigenvalue weighted by molar-refractivity contribution is 6.00. The van der Waals surface area contributed by atoms with Gasteiger partial charge in [0, 0.05) is 49.8 Å². The molecular formula is C44H54N12O21. The van der Waals surface area contributed by atoms with Gasteiger partial charge in [-0.3, -0.25) is 67.3 Å². The van der Waals surface area contributed by atoms with Crippen LogP contribution in [0.1, 0.15) is 93.1 Å². The van der Waals surface area contributed by atoms with Crippen molar-refractivity contribution in [1.29, 1.82) is 0 Å². The summed E-state index contributed by atoms with van der Waals surface area (Å²) in [6, 6.07) is -5.84. The number of aliphatic carboxylic acids is 7. The Kier molecular flexibility index (Phi) is 23.7. The number of amides is 6. The van der Waals surface area contributed by atoms with Crippen molar-refractivity contribution in [3.05, 3.63) is 52.1 Å². The number of fused-ring (bicyclic) bond motifs is 1. The van der Waals surface area contributed by atoms with Crippen LogP contribution in [0.5, 0.6) is 0 Å². The van der Waals surface area contributed by atoms with E-state index in [1.165, 1.54) is 30.5 Å². The first-order valence-electron chi connectivity index (χ1n) is 22.9. The van der Waals surface area contributed by atoms with E-state index < -0.39 is 196 Å². The third-order valence-corrected chi connectivity index (χ3v) is 10.8. The number of aromatic amines is 1. The third-order valence-electron chi connectivity index (χ3n) is 10.8. The Balaban J connectivity index is 1.84. The van der Waals surface area contributed by atoms with E-state index in [9.17, 15) is 97.8 Å². The van der Waals surface area contributed by atoms with Gasteiger partial charge in [-0.05, 0) is 62.8 Å². The molecule has 33 nitrogen and oxygen atoms in total. The normalized spacial score (nSPS) is 13.1. The second-order valence-electron chi connectivity index (χ2n) is 16.7. The number of nitrogen functional groups attached to an aromatic ring is 1. The minimum atomic E-state index is -1.98. The molecule has 2 aromatic heterocycles.